The SMILES string of the molecule is Cl.O=C(CCC1(N2CCN(S(=O)(=O)CC3CC3)CC2)CCCOC1)c1c(F)cccc1F. The fraction of sp³-hybridized carbons (Fsp3) is 0.682. The van der Waals surface area contributed by atoms with Gasteiger partial charge >= 0.3 is 0 Å². The largest absolute Gasteiger partial charge is 0.380 e. The molecule has 4 rings (SSSR count). The lowest BCUT2D eigenvalue weighted by molar-refractivity contribution is -0.0639. The Labute approximate surface area is 194 Å². The standard InChI is InChI=1S/C22H30F2N2O4S.ClH/c23-18-3-1-4-19(24)21(18)20(27)7-9-22(8-2-14-30-16-22)25-10-12-26(13-11-25)31(28,29)15-17-5-6-17;/h1,3-4,17H,2,5-16H2;1H. The van der Waals surface area contributed by atoms with Crippen molar-refractivity contribution >= 4 is 28.2 Å². The summed E-state index contributed by atoms with van der Waals surface area (Å²) in [5.74, 6) is -1.68. The van der Waals surface area contributed by atoms with Crippen molar-refractivity contribution < 1.29 is 26.7 Å². The monoisotopic (exact) mass is 492 g/mol. The molecule has 0 spiro atoms. The van der Waals surface area contributed by atoms with Crippen LogP contribution in [0.5, 0.6) is 0 Å². The first-order chi connectivity index (χ1) is 14.8. The minimum Gasteiger partial charge on any atom is -0.380 e. The first-order valence-corrected chi connectivity index (χ1v) is 12.7. The van der Waals surface area contributed by atoms with Crippen molar-refractivity contribution in [3.8, 4) is 0 Å². The van der Waals surface area contributed by atoms with Gasteiger partial charge in [-0.25, -0.2) is 17.2 Å². The lowest BCUT2D eigenvalue weighted by Gasteiger charge is -2.49. The zero-order valence-corrected chi connectivity index (χ0v) is 19.7. The highest BCUT2D eigenvalue weighted by atomic mass is 35.5. The summed E-state index contributed by atoms with van der Waals surface area (Å²) >= 11 is 0. The van der Waals surface area contributed by atoms with Crippen LogP contribution >= 0.6 is 12.4 Å². The zero-order chi connectivity index (χ0) is 22.1. The second kappa shape index (κ2) is 10.4. The topological polar surface area (TPSA) is 66.9 Å². The predicted molar refractivity (Wildman–Crippen MR) is 120 cm³/mol. The summed E-state index contributed by atoms with van der Waals surface area (Å²) in [4.78, 5) is 14.8. The second-order valence-corrected chi connectivity index (χ2v) is 11.0. The van der Waals surface area contributed by atoms with Gasteiger partial charge in [0.2, 0.25) is 10.0 Å². The van der Waals surface area contributed by atoms with Crippen molar-refractivity contribution in [3.63, 3.8) is 0 Å². The van der Waals surface area contributed by atoms with Crippen LogP contribution in [-0.4, -0.2) is 74.1 Å². The zero-order valence-electron chi connectivity index (χ0n) is 18.1. The number of hydrogen-bond donors (Lipinski definition) is 0. The molecule has 0 aromatic heterocycles. The third-order valence-electron chi connectivity index (χ3n) is 6.81. The van der Waals surface area contributed by atoms with Crippen LogP contribution in [0.2, 0.25) is 0 Å². The Kier molecular flexibility index (Phi) is 8.30. The number of rotatable bonds is 8. The maximum absolute atomic E-state index is 14.0. The van der Waals surface area contributed by atoms with E-state index in [0.717, 1.165) is 37.8 Å². The lowest BCUT2D eigenvalue weighted by Crippen LogP contribution is -2.61. The molecule has 1 unspecified atom stereocenters. The van der Waals surface area contributed by atoms with Crippen LogP contribution in [0, 0.1) is 17.6 Å². The minimum atomic E-state index is -3.23. The summed E-state index contributed by atoms with van der Waals surface area (Å²) in [6, 6.07) is 3.43. The van der Waals surface area contributed by atoms with E-state index in [2.05, 4.69) is 4.90 Å². The number of carbonyl (C=O) groups is 1. The van der Waals surface area contributed by atoms with Crippen LogP contribution in [-0.2, 0) is 14.8 Å². The van der Waals surface area contributed by atoms with Crippen LogP contribution in [0.15, 0.2) is 18.2 Å². The van der Waals surface area contributed by atoms with E-state index in [1.807, 2.05) is 0 Å². The third-order valence-corrected chi connectivity index (χ3v) is 8.85. The van der Waals surface area contributed by atoms with Crippen molar-refractivity contribution in [3.05, 3.63) is 35.4 Å². The number of piperazine rings is 1. The lowest BCUT2D eigenvalue weighted by atomic mass is 9.83. The molecule has 0 bridgehead atoms. The minimum absolute atomic E-state index is 0. The van der Waals surface area contributed by atoms with E-state index in [1.165, 1.54) is 6.07 Å². The highest BCUT2D eigenvalue weighted by Crippen LogP contribution is 2.34. The summed E-state index contributed by atoms with van der Waals surface area (Å²) in [5, 5.41) is 0. The summed E-state index contributed by atoms with van der Waals surface area (Å²) in [7, 11) is -3.23. The molecule has 32 heavy (non-hydrogen) atoms. The number of hydrogen-bond acceptors (Lipinski definition) is 5. The van der Waals surface area contributed by atoms with E-state index in [-0.39, 0.29) is 24.6 Å². The molecule has 0 amide bonds. The van der Waals surface area contributed by atoms with E-state index in [0.29, 0.717) is 51.7 Å². The van der Waals surface area contributed by atoms with Gasteiger partial charge in [0.1, 0.15) is 11.6 Å². The molecule has 1 saturated carbocycles. The van der Waals surface area contributed by atoms with Gasteiger partial charge < -0.3 is 4.74 Å². The molecule has 2 saturated heterocycles. The number of halogens is 3. The molecule has 0 radical (unpaired) electrons. The van der Waals surface area contributed by atoms with Crippen molar-refractivity contribution in [2.24, 2.45) is 5.92 Å². The molecule has 3 aliphatic rings. The average molecular weight is 493 g/mol. The fourth-order valence-corrected chi connectivity index (χ4v) is 6.67. The molecule has 3 fully saturated rings. The average Bonchev–Trinajstić information content (AvgIpc) is 3.56. The summed E-state index contributed by atoms with van der Waals surface area (Å²) in [5.41, 5.74) is -0.896. The maximum atomic E-state index is 14.0. The van der Waals surface area contributed by atoms with Gasteiger partial charge in [-0.2, -0.15) is 4.31 Å². The number of sulfonamides is 1. The van der Waals surface area contributed by atoms with Crippen LogP contribution in [0.4, 0.5) is 8.78 Å². The Morgan fingerprint density at radius 3 is 2.34 bits per heavy atom. The van der Waals surface area contributed by atoms with E-state index < -0.39 is 38.5 Å². The Balaban J connectivity index is 0.00000289. The number of carbonyl (C=O) groups excluding carboxylic acids is 1. The Hall–Kier alpha value is -1.13. The first kappa shape index (κ1) is 25.5. The van der Waals surface area contributed by atoms with Crippen molar-refractivity contribution in [1.82, 2.24) is 9.21 Å². The Bertz CT molecular complexity index is 892. The van der Waals surface area contributed by atoms with Gasteiger partial charge in [-0.05, 0) is 50.2 Å². The smallest absolute Gasteiger partial charge is 0.214 e. The number of benzene rings is 1. The third kappa shape index (κ3) is 5.67. The van der Waals surface area contributed by atoms with E-state index >= 15 is 0 Å². The molecule has 10 heteroatoms. The van der Waals surface area contributed by atoms with Gasteiger partial charge in [-0.15, -0.1) is 12.4 Å². The maximum Gasteiger partial charge on any atom is 0.214 e. The molecule has 2 heterocycles. The molecule has 6 nitrogen and oxygen atoms in total. The molecule has 180 valence electrons. The molecule has 1 aliphatic carbocycles. The van der Waals surface area contributed by atoms with Crippen LogP contribution in [0.3, 0.4) is 0 Å². The molecule has 1 aromatic rings. The molecule has 0 N–H and O–H groups in total. The molecular formula is C22H31ClF2N2O4S. The van der Waals surface area contributed by atoms with Crippen molar-refractivity contribution in [2.75, 3.05) is 45.1 Å². The van der Waals surface area contributed by atoms with E-state index in [4.69, 9.17) is 4.74 Å². The highest BCUT2D eigenvalue weighted by Gasteiger charge is 2.42. The molecule has 1 aromatic carbocycles. The summed E-state index contributed by atoms with van der Waals surface area (Å²) in [6.07, 6.45) is 4.08. The van der Waals surface area contributed by atoms with Crippen molar-refractivity contribution in [1.29, 1.82) is 0 Å². The number of Topliss-reactive ketones (excluding diaryl/α,β-unsaturated/α-hetero) is 1. The van der Waals surface area contributed by atoms with Gasteiger partial charge in [-0.3, -0.25) is 9.69 Å². The molecule has 1 atom stereocenters. The number of ether oxygens (including phenoxy) is 1. The quantitative estimate of drug-likeness (QED) is 0.521. The van der Waals surface area contributed by atoms with Crippen LogP contribution < -0.4 is 0 Å². The number of ketones is 1. The van der Waals surface area contributed by atoms with Crippen LogP contribution in [0.25, 0.3) is 0 Å². The Morgan fingerprint density at radius 1 is 1.12 bits per heavy atom. The van der Waals surface area contributed by atoms with Gasteiger partial charge in [-0.1, -0.05) is 6.07 Å². The van der Waals surface area contributed by atoms with E-state index in [9.17, 15) is 22.0 Å². The summed E-state index contributed by atoms with van der Waals surface area (Å²) in [6.45, 7) is 3.06. The van der Waals surface area contributed by atoms with E-state index in [1.54, 1.807) is 4.31 Å². The van der Waals surface area contributed by atoms with Gasteiger partial charge in [0.25, 0.3) is 0 Å². The fourth-order valence-electron chi connectivity index (χ4n) is 4.81. The predicted octanol–water partition coefficient (Wildman–Crippen LogP) is 3.26. The Morgan fingerprint density at radius 2 is 1.78 bits per heavy atom. The van der Waals surface area contributed by atoms with Gasteiger partial charge in [0.05, 0.1) is 17.9 Å². The van der Waals surface area contributed by atoms with Gasteiger partial charge in [0, 0.05) is 44.7 Å². The molecule has 2 aliphatic heterocycles. The second-order valence-electron chi connectivity index (χ2n) is 9.01. The highest BCUT2D eigenvalue weighted by molar-refractivity contribution is 7.89. The van der Waals surface area contributed by atoms with Gasteiger partial charge in [0.15, 0.2) is 5.78 Å². The molecular weight excluding hydrogens is 462 g/mol. The summed E-state index contributed by atoms with van der Waals surface area (Å²) < 4.78 is 60.5. The van der Waals surface area contributed by atoms with Crippen LogP contribution in [0.1, 0.15) is 48.9 Å². The first-order valence-electron chi connectivity index (χ1n) is 11.1. The normalized spacial score (nSPS) is 25.3. The number of nitrogens with zero attached hydrogens (tertiary/aromatic N) is 2. The van der Waals surface area contributed by atoms with Crippen molar-refractivity contribution in [2.45, 2.75) is 44.1 Å².